The molecule has 0 fully saturated rings. The number of halogens is 3. The minimum Gasteiger partial charge on any atom is -0.496 e. The molecule has 0 bridgehead atoms. The van der Waals surface area contributed by atoms with Gasteiger partial charge in [0.1, 0.15) is 18.1 Å². The molecule has 0 aliphatic carbocycles. The van der Waals surface area contributed by atoms with Crippen LogP contribution < -0.4 is 14.9 Å². The van der Waals surface area contributed by atoms with Crippen molar-refractivity contribution in [3.05, 3.63) is 53.1 Å². The summed E-state index contributed by atoms with van der Waals surface area (Å²) in [6.45, 7) is 0.192. The molecule has 5 nitrogen and oxygen atoms in total. The van der Waals surface area contributed by atoms with Crippen LogP contribution in [0.2, 0.25) is 0 Å². The third kappa shape index (κ3) is 5.59. The maximum atomic E-state index is 12.2. The van der Waals surface area contributed by atoms with E-state index in [1.165, 1.54) is 0 Å². The molecule has 1 amide bonds. The average molecular weight is 639 g/mol. The van der Waals surface area contributed by atoms with Gasteiger partial charge >= 0.3 is 0 Å². The van der Waals surface area contributed by atoms with Crippen LogP contribution in [0.3, 0.4) is 0 Å². The first-order valence-corrected chi connectivity index (χ1v) is 10.1. The van der Waals surface area contributed by atoms with Crippen LogP contribution in [0.1, 0.15) is 15.9 Å². The number of hydrogen-bond acceptors (Lipinski definition) is 4. The lowest BCUT2D eigenvalue weighted by atomic mass is 10.2. The summed E-state index contributed by atoms with van der Waals surface area (Å²) >= 11 is 7.74. The van der Waals surface area contributed by atoms with Crippen LogP contribution in [-0.4, -0.2) is 25.8 Å². The molecule has 0 heterocycles. The van der Waals surface area contributed by atoms with Crippen molar-refractivity contribution in [3.63, 3.8) is 0 Å². The predicted octanol–water partition coefficient (Wildman–Crippen LogP) is 4.44. The summed E-state index contributed by atoms with van der Waals surface area (Å²) in [5.74, 6) is 3.43. The van der Waals surface area contributed by atoms with Gasteiger partial charge in [0.15, 0.2) is 0 Å². The van der Waals surface area contributed by atoms with Crippen LogP contribution in [0.4, 0.5) is 0 Å². The van der Waals surface area contributed by atoms with E-state index in [1.54, 1.807) is 25.5 Å². The SMILES string of the molecule is C#CCOc1c(Br)cc(/C=N\NC(=O)c2ccc(I)c(OC)c2)cc1I. The van der Waals surface area contributed by atoms with Crippen molar-refractivity contribution in [1.82, 2.24) is 5.43 Å². The molecule has 0 aliphatic rings. The molecule has 0 radical (unpaired) electrons. The van der Waals surface area contributed by atoms with Gasteiger partial charge in [-0.3, -0.25) is 4.79 Å². The highest BCUT2D eigenvalue weighted by atomic mass is 127. The topological polar surface area (TPSA) is 59.9 Å². The third-order valence-electron chi connectivity index (χ3n) is 3.11. The number of amides is 1. The Kier molecular flexibility index (Phi) is 8.17. The molecule has 0 atom stereocenters. The van der Waals surface area contributed by atoms with Gasteiger partial charge in [-0.1, -0.05) is 5.92 Å². The largest absolute Gasteiger partial charge is 0.496 e. The minimum absolute atomic E-state index is 0.192. The van der Waals surface area contributed by atoms with E-state index in [2.05, 4.69) is 77.6 Å². The number of nitrogens with one attached hydrogen (secondary N) is 1. The standard InChI is InChI=1S/C18H13BrI2N2O3/c1-3-6-26-17-13(19)7-11(8-15(17)21)10-22-23-18(24)12-4-5-14(20)16(9-12)25-2/h1,4-5,7-10H,6H2,2H3,(H,23,24)/b22-10-. The fraction of sp³-hybridized carbons (Fsp3) is 0.111. The van der Waals surface area contributed by atoms with Gasteiger partial charge in [-0.2, -0.15) is 5.10 Å². The quantitative estimate of drug-likeness (QED) is 0.220. The van der Waals surface area contributed by atoms with Gasteiger partial charge in [0.05, 0.1) is 24.9 Å². The highest BCUT2D eigenvalue weighted by Gasteiger charge is 2.09. The monoisotopic (exact) mass is 638 g/mol. The maximum Gasteiger partial charge on any atom is 0.271 e. The molecular formula is C18H13BrI2N2O3. The lowest BCUT2D eigenvalue weighted by Crippen LogP contribution is -2.17. The first-order chi connectivity index (χ1) is 12.5. The molecule has 0 unspecified atom stereocenters. The third-order valence-corrected chi connectivity index (χ3v) is 5.39. The fourth-order valence-corrected chi connectivity index (χ4v) is 4.26. The van der Waals surface area contributed by atoms with Crippen molar-refractivity contribution in [2.45, 2.75) is 0 Å². The first-order valence-electron chi connectivity index (χ1n) is 7.18. The zero-order chi connectivity index (χ0) is 19.1. The van der Waals surface area contributed by atoms with Crippen LogP contribution >= 0.6 is 61.1 Å². The summed E-state index contributed by atoms with van der Waals surface area (Å²) < 4.78 is 13.3. The Hall–Kier alpha value is -1.32. The molecule has 0 aromatic heterocycles. The Morgan fingerprint density at radius 2 is 2.12 bits per heavy atom. The summed E-state index contributed by atoms with van der Waals surface area (Å²) in [5, 5.41) is 4.01. The van der Waals surface area contributed by atoms with Gasteiger partial charge < -0.3 is 9.47 Å². The maximum absolute atomic E-state index is 12.2. The Bertz CT molecular complexity index is 871. The summed E-state index contributed by atoms with van der Waals surface area (Å²) in [6.07, 6.45) is 6.77. The number of carbonyl (C=O) groups is 1. The van der Waals surface area contributed by atoms with Crippen molar-refractivity contribution in [2.24, 2.45) is 5.10 Å². The number of carbonyl (C=O) groups excluding carboxylic acids is 1. The van der Waals surface area contributed by atoms with Crippen LogP contribution in [0.5, 0.6) is 11.5 Å². The minimum atomic E-state index is -0.321. The van der Waals surface area contributed by atoms with E-state index in [0.29, 0.717) is 17.1 Å². The number of hydrogen-bond donors (Lipinski definition) is 1. The molecule has 0 aliphatic heterocycles. The highest BCUT2D eigenvalue weighted by Crippen LogP contribution is 2.31. The number of hydrazone groups is 1. The van der Waals surface area contributed by atoms with E-state index >= 15 is 0 Å². The van der Waals surface area contributed by atoms with Crippen molar-refractivity contribution in [3.8, 4) is 23.8 Å². The van der Waals surface area contributed by atoms with Crippen LogP contribution in [0.15, 0.2) is 39.9 Å². The van der Waals surface area contributed by atoms with Gasteiger partial charge in [-0.25, -0.2) is 5.43 Å². The Balaban J connectivity index is 2.08. The zero-order valence-electron chi connectivity index (χ0n) is 13.6. The molecule has 0 spiro atoms. The molecule has 134 valence electrons. The number of benzene rings is 2. The molecular weight excluding hydrogens is 626 g/mol. The fourth-order valence-electron chi connectivity index (χ4n) is 1.94. The second kappa shape index (κ2) is 10.1. The van der Waals surface area contributed by atoms with Gasteiger partial charge in [-0.15, -0.1) is 6.42 Å². The molecule has 1 N–H and O–H groups in total. The van der Waals surface area contributed by atoms with Gasteiger partial charge in [0.2, 0.25) is 0 Å². The number of terminal acetylenes is 1. The normalized spacial score (nSPS) is 10.4. The van der Waals surface area contributed by atoms with Crippen molar-refractivity contribution in [2.75, 3.05) is 13.7 Å². The summed E-state index contributed by atoms with van der Waals surface area (Å²) in [5.41, 5.74) is 3.77. The van der Waals surface area contributed by atoms with Gasteiger partial charge in [0.25, 0.3) is 5.91 Å². The average Bonchev–Trinajstić information content (AvgIpc) is 2.61. The molecule has 2 aromatic carbocycles. The number of ether oxygens (including phenoxy) is 2. The van der Waals surface area contributed by atoms with E-state index in [9.17, 15) is 4.79 Å². The summed E-state index contributed by atoms with van der Waals surface area (Å²) in [7, 11) is 1.56. The molecule has 2 rings (SSSR count). The summed E-state index contributed by atoms with van der Waals surface area (Å²) in [6, 6.07) is 8.90. The van der Waals surface area contributed by atoms with E-state index in [0.717, 1.165) is 17.2 Å². The Labute approximate surface area is 187 Å². The molecule has 2 aromatic rings. The number of methoxy groups -OCH3 is 1. The lowest BCUT2D eigenvalue weighted by Gasteiger charge is -2.09. The molecule has 0 saturated heterocycles. The zero-order valence-corrected chi connectivity index (χ0v) is 19.5. The smallest absolute Gasteiger partial charge is 0.271 e. The van der Waals surface area contributed by atoms with Gasteiger partial charge in [0, 0.05) is 5.56 Å². The van der Waals surface area contributed by atoms with E-state index < -0.39 is 0 Å². The van der Waals surface area contributed by atoms with E-state index in [1.807, 2.05) is 18.2 Å². The van der Waals surface area contributed by atoms with Crippen molar-refractivity contribution >= 4 is 73.2 Å². The van der Waals surface area contributed by atoms with Crippen LogP contribution in [-0.2, 0) is 0 Å². The summed E-state index contributed by atoms with van der Waals surface area (Å²) in [4.78, 5) is 12.2. The molecule has 0 saturated carbocycles. The predicted molar refractivity (Wildman–Crippen MR) is 122 cm³/mol. The van der Waals surface area contributed by atoms with Crippen LogP contribution in [0.25, 0.3) is 0 Å². The van der Waals surface area contributed by atoms with Crippen molar-refractivity contribution in [1.29, 1.82) is 0 Å². The van der Waals surface area contributed by atoms with E-state index in [4.69, 9.17) is 15.9 Å². The molecule has 8 heteroatoms. The second-order valence-corrected chi connectivity index (χ2v) is 8.03. The number of nitrogens with zero attached hydrogens (tertiary/aromatic N) is 1. The Morgan fingerprint density at radius 1 is 1.35 bits per heavy atom. The Morgan fingerprint density at radius 3 is 2.77 bits per heavy atom. The highest BCUT2D eigenvalue weighted by molar-refractivity contribution is 14.1. The number of rotatable bonds is 6. The van der Waals surface area contributed by atoms with Crippen LogP contribution in [0, 0.1) is 19.5 Å². The van der Waals surface area contributed by atoms with E-state index in [-0.39, 0.29) is 12.5 Å². The molecule has 26 heavy (non-hydrogen) atoms. The first kappa shape index (κ1) is 21.0. The lowest BCUT2D eigenvalue weighted by molar-refractivity contribution is 0.0954. The van der Waals surface area contributed by atoms with Gasteiger partial charge in [-0.05, 0) is 97.0 Å². The second-order valence-electron chi connectivity index (χ2n) is 4.85. The van der Waals surface area contributed by atoms with Crippen molar-refractivity contribution < 1.29 is 14.3 Å².